The van der Waals surface area contributed by atoms with Crippen LogP contribution < -0.4 is 15.0 Å². The van der Waals surface area contributed by atoms with Gasteiger partial charge in [-0.2, -0.15) is 5.26 Å². The van der Waals surface area contributed by atoms with E-state index in [4.69, 9.17) is 10.00 Å². The summed E-state index contributed by atoms with van der Waals surface area (Å²) in [6.45, 7) is 1.62. The first-order valence-corrected chi connectivity index (χ1v) is 5.17. The maximum absolute atomic E-state index is 11.8. The molecule has 0 aliphatic carbocycles. The molecule has 0 saturated heterocycles. The number of benzene rings is 1. The lowest BCUT2D eigenvalue weighted by Crippen LogP contribution is -2.41. The highest BCUT2D eigenvalue weighted by Crippen LogP contribution is 2.26. The molecule has 0 fully saturated rings. The first-order chi connectivity index (χ1) is 8.10. The van der Waals surface area contributed by atoms with E-state index < -0.39 is 6.04 Å². The molecular weight excluding hydrogens is 218 g/mol. The molecule has 1 rings (SSSR count). The Morgan fingerprint density at radius 3 is 2.76 bits per heavy atom. The molecule has 2 amide bonds. The summed E-state index contributed by atoms with van der Waals surface area (Å²) in [5, 5.41) is 11.2. The van der Waals surface area contributed by atoms with Crippen LogP contribution in [0.25, 0.3) is 0 Å². The molecule has 0 heterocycles. The van der Waals surface area contributed by atoms with Gasteiger partial charge in [0.2, 0.25) is 0 Å². The monoisotopic (exact) mass is 233 g/mol. The third-order valence-corrected chi connectivity index (χ3v) is 2.28. The van der Waals surface area contributed by atoms with Gasteiger partial charge in [-0.05, 0) is 19.1 Å². The summed E-state index contributed by atoms with van der Waals surface area (Å²) >= 11 is 0. The zero-order valence-electron chi connectivity index (χ0n) is 10.1. The van der Waals surface area contributed by atoms with Crippen LogP contribution in [0.2, 0.25) is 0 Å². The Labute approximate surface area is 101 Å². The van der Waals surface area contributed by atoms with E-state index in [-0.39, 0.29) is 6.03 Å². The van der Waals surface area contributed by atoms with Crippen LogP contribution in [0, 0.1) is 11.3 Å². The Balaban J connectivity index is 2.85. The lowest BCUT2D eigenvalue weighted by Gasteiger charge is -2.20. The summed E-state index contributed by atoms with van der Waals surface area (Å²) in [6, 6.07) is 8.25. The maximum Gasteiger partial charge on any atom is 0.322 e. The fourth-order valence-corrected chi connectivity index (χ4v) is 1.33. The molecule has 0 bridgehead atoms. The van der Waals surface area contributed by atoms with E-state index in [0.717, 1.165) is 0 Å². The summed E-state index contributed by atoms with van der Waals surface area (Å²) in [6.07, 6.45) is 0. The number of hydrogen-bond acceptors (Lipinski definition) is 3. The molecule has 5 nitrogen and oxygen atoms in total. The molecule has 90 valence electrons. The number of para-hydroxylation sites is 2. The van der Waals surface area contributed by atoms with E-state index in [1.807, 2.05) is 18.2 Å². The highest BCUT2D eigenvalue weighted by atomic mass is 16.5. The predicted molar refractivity (Wildman–Crippen MR) is 65.0 cm³/mol. The van der Waals surface area contributed by atoms with Crippen LogP contribution in [0.15, 0.2) is 24.3 Å². The third kappa shape index (κ3) is 3.11. The van der Waals surface area contributed by atoms with Crippen LogP contribution in [-0.2, 0) is 0 Å². The number of anilines is 1. The zero-order chi connectivity index (χ0) is 12.8. The molecule has 0 unspecified atom stereocenters. The van der Waals surface area contributed by atoms with Crippen molar-refractivity contribution in [2.24, 2.45) is 0 Å². The van der Waals surface area contributed by atoms with Gasteiger partial charge < -0.3 is 10.1 Å². The van der Waals surface area contributed by atoms with E-state index in [0.29, 0.717) is 11.4 Å². The summed E-state index contributed by atoms with van der Waals surface area (Å²) in [7, 11) is 3.17. The van der Waals surface area contributed by atoms with Crippen molar-refractivity contribution in [1.29, 1.82) is 5.26 Å². The van der Waals surface area contributed by atoms with Crippen molar-refractivity contribution < 1.29 is 9.53 Å². The second kappa shape index (κ2) is 5.75. The minimum absolute atomic E-state index is 0.344. The van der Waals surface area contributed by atoms with Crippen LogP contribution in [0.1, 0.15) is 6.92 Å². The number of carbonyl (C=O) groups excluding carboxylic acids is 1. The Bertz CT molecular complexity index is 440. The number of nitrogens with one attached hydrogen (secondary N) is 1. The van der Waals surface area contributed by atoms with Crippen molar-refractivity contribution in [2.45, 2.75) is 13.0 Å². The van der Waals surface area contributed by atoms with E-state index in [1.54, 1.807) is 33.2 Å². The van der Waals surface area contributed by atoms with Gasteiger partial charge in [-0.25, -0.2) is 4.79 Å². The second-order valence-corrected chi connectivity index (χ2v) is 3.53. The van der Waals surface area contributed by atoms with Gasteiger partial charge >= 0.3 is 6.03 Å². The van der Waals surface area contributed by atoms with Crippen LogP contribution in [0.5, 0.6) is 5.75 Å². The second-order valence-electron chi connectivity index (χ2n) is 3.53. The minimum Gasteiger partial charge on any atom is -0.495 e. The first-order valence-electron chi connectivity index (χ1n) is 5.17. The van der Waals surface area contributed by atoms with Crippen LogP contribution in [-0.4, -0.2) is 26.2 Å². The Morgan fingerprint density at radius 1 is 1.53 bits per heavy atom. The van der Waals surface area contributed by atoms with Crippen molar-refractivity contribution in [3.05, 3.63) is 24.3 Å². The summed E-state index contributed by atoms with van der Waals surface area (Å²) in [4.78, 5) is 13.2. The highest BCUT2D eigenvalue weighted by Gasteiger charge is 2.15. The lowest BCUT2D eigenvalue weighted by atomic mass is 10.2. The molecule has 0 aliphatic heterocycles. The van der Waals surface area contributed by atoms with Gasteiger partial charge in [0.25, 0.3) is 0 Å². The number of amides is 2. The van der Waals surface area contributed by atoms with Gasteiger partial charge in [0, 0.05) is 7.05 Å². The molecule has 1 atom stereocenters. The van der Waals surface area contributed by atoms with Gasteiger partial charge in [0.1, 0.15) is 11.8 Å². The van der Waals surface area contributed by atoms with E-state index >= 15 is 0 Å². The zero-order valence-corrected chi connectivity index (χ0v) is 10.1. The van der Waals surface area contributed by atoms with Crippen molar-refractivity contribution in [1.82, 2.24) is 5.32 Å². The largest absolute Gasteiger partial charge is 0.495 e. The van der Waals surface area contributed by atoms with E-state index in [2.05, 4.69) is 5.32 Å². The van der Waals surface area contributed by atoms with Gasteiger partial charge in [-0.3, -0.25) is 4.90 Å². The fourth-order valence-electron chi connectivity index (χ4n) is 1.33. The SMILES string of the molecule is COc1ccccc1N(C)C(=O)N[C@H](C)C#N. The molecule has 0 radical (unpaired) electrons. The van der Waals surface area contributed by atoms with Crippen molar-refractivity contribution in [2.75, 3.05) is 19.1 Å². The van der Waals surface area contributed by atoms with Crippen molar-refractivity contribution in [3.8, 4) is 11.8 Å². The number of nitriles is 1. The van der Waals surface area contributed by atoms with Gasteiger partial charge in [0.05, 0.1) is 18.9 Å². The van der Waals surface area contributed by atoms with Gasteiger partial charge in [0.15, 0.2) is 0 Å². The molecule has 17 heavy (non-hydrogen) atoms. The number of hydrogen-bond donors (Lipinski definition) is 1. The molecule has 5 heteroatoms. The number of methoxy groups -OCH3 is 1. The Hall–Kier alpha value is -2.22. The van der Waals surface area contributed by atoms with Crippen LogP contribution in [0.3, 0.4) is 0 Å². The molecule has 0 saturated carbocycles. The number of carbonyl (C=O) groups is 1. The lowest BCUT2D eigenvalue weighted by molar-refractivity contribution is 0.246. The molecule has 0 aliphatic rings. The average molecular weight is 233 g/mol. The smallest absolute Gasteiger partial charge is 0.322 e. The summed E-state index contributed by atoms with van der Waals surface area (Å²) in [5.74, 6) is 0.606. The molecular formula is C12H15N3O2. The van der Waals surface area contributed by atoms with Gasteiger partial charge in [-0.15, -0.1) is 0 Å². The Morgan fingerprint density at radius 2 is 2.18 bits per heavy atom. The minimum atomic E-state index is -0.528. The van der Waals surface area contributed by atoms with Crippen LogP contribution in [0.4, 0.5) is 10.5 Å². The fraction of sp³-hybridized carbons (Fsp3) is 0.333. The highest BCUT2D eigenvalue weighted by molar-refractivity contribution is 5.93. The summed E-state index contributed by atoms with van der Waals surface area (Å²) < 4.78 is 5.16. The number of nitrogens with zero attached hydrogens (tertiary/aromatic N) is 2. The number of ether oxygens (including phenoxy) is 1. The summed E-state index contributed by atoms with van der Waals surface area (Å²) in [5.41, 5.74) is 0.651. The maximum atomic E-state index is 11.8. The third-order valence-electron chi connectivity index (χ3n) is 2.28. The predicted octanol–water partition coefficient (Wildman–Crippen LogP) is 1.75. The quantitative estimate of drug-likeness (QED) is 0.865. The van der Waals surface area contributed by atoms with Gasteiger partial charge in [-0.1, -0.05) is 12.1 Å². The topological polar surface area (TPSA) is 65.4 Å². The standard InChI is InChI=1S/C12H15N3O2/c1-9(8-13)14-12(16)15(2)10-6-4-5-7-11(10)17-3/h4-7,9H,1-3H3,(H,14,16)/t9-/m1/s1. The van der Waals surface area contributed by atoms with E-state index in [1.165, 1.54) is 4.90 Å². The van der Waals surface area contributed by atoms with Crippen molar-refractivity contribution in [3.63, 3.8) is 0 Å². The molecule has 1 aromatic rings. The molecule has 1 N–H and O–H groups in total. The molecule has 1 aromatic carbocycles. The first kappa shape index (κ1) is 12.8. The number of urea groups is 1. The Kier molecular flexibility index (Phi) is 4.35. The average Bonchev–Trinajstić information content (AvgIpc) is 2.37. The van der Waals surface area contributed by atoms with Crippen LogP contribution >= 0.6 is 0 Å². The van der Waals surface area contributed by atoms with Crippen molar-refractivity contribution >= 4 is 11.7 Å². The molecule has 0 spiro atoms. The molecule has 0 aromatic heterocycles. The van der Waals surface area contributed by atoms with E-state index in [9.17, 15) is 4.79 Å². The normalized spacial score (nSPS) is 11.2. The number of rotatable bonds is 3.